The maximum atomic E-state index is 12.6. The summed E-state index contributed by atoms with van der Waals surface area (Å²) >= 11 is 0. The Labute approximate surface area is 103 Å². The van der Waals surface area contributed by atoms with Crippen molar-refractivity contribution in [1.29, 1.82) is 0 Å². The SMILES string of the molecule is CCCCNc1cc(C(=O)O)cc(C(F)(F)F)c1. The number of hydrogen-bond acceptors (Lipinski definition) is 2. The molecule has 0 saturated heterocycles. The van der Waals surface area contributed by atoms with Gasteiger partial charge in [-0.15, -0.1) is 0 Å². The standard InChI is InChI=1S/C12H14F3NO2/c1-2-3-4-16-10-6-8(11(17)18)5-9(7-10)12(13,14)15/h5-7,16H,2-4H2,1H3,(H,17,18). The molecule has 0 aliphatic heterocycles. The highest BCUT2D eigenvalue weighted by Crippen LogP contribution is 2.32. The number of unbranched alkanes of at least 4 members (excludes halogenated alkanes) is 1. The summed E-state index contributed by atoms with van der Waals surface area (Å²) in [5.41, 5.74) is -1.15. The minimum atomic E-state index is -4.55. The number of rotatable bonds is 5. The zero-order chi connectivity index (χ0) is 13.8. The lowest BCUT2D eigenvalue weighted by Crippen LogP contribution is -2.10. The van der Waals surface area contributed by atoms with Gasteiger partial charge in [-0.1, -0.05) is 13.3 Å². The average Bonchev–Trinajstić information content (AvgIpc) is 2.28. The molecule has 0 saturated carbocycles. The molecule has 100 valence electrons. The first-order valence-corrected chi connectivity index (χ1v) is 5.54. The Hall–Kier alpha value is -1.72. The van der Waals surface area contributed by atoms with Gasteiger partial charge in [0.1, 0.15) is 0 Å². The van der Waals surface area contributed by atoms with E-state index in [1.165, 1.54) is 6.07 Å². The highest BCUT2D eigenvalue weighted by atomic mass is 19.4. The molecule has 2 N–H and O–H groups in total. The molecular weight excluding hydrogens is 247 g/mol. The third-order valence-electron chi connectivity index (χ3n) is 2.37. The van der Waals surface area contributed by atoms with E-state index in [0.717, 1.165) is 18.9 Å². The predicted octanol–water partition coefficient (Wildman–Crippen LogP) is 3.62. The van der Waals surface area contributed by atoms with E-state index < -0.39 is 17.7 Å². The molecule has 0 spiro atoms. The smallest absolute Gasteiger partial charge is 0.416 e. The summed E-state index contributed by atoms with van der Waals surface area (Å²) < 4.78 is 37.7. The minimum absolute atomic E-state index is 0.177. The van der Waals surface area contributed by atoms with Crippen molar-refractivity contribution in [1.82, 2.24) is 0 Å². The maximum Gasteiger partial charge on any atom is 0.416 e. The van der Waals surface area contributed by atoms with Crippen LogP contribution >= 0.6 is 0 Å². The first-order valence-electron chi connectivity index (χ1n) is 5.54. The monoisotopic (exact) mass is 261 g/mol. The summed E-state index contributed by atoms with van der Waals surface area (Å²) in [4.78, 5) is 10.8. The van der Waals surface area contributed by atoms with Crippen molar-refractivity contribution in [3.63, 3.8) is 0 Å². The van der Waals surface area contributed by atoms with Gasteiger partial charge in [-0.25, -0.2) is 4.79 Å². The Bertz CT molecular complexity index is 430. The van der Waals surface area contributed by atoms with Crippen LogP contribution in [0.3, 0.4) is 0 Å². The Morgan fingerprint density at radius 3 is 2.50 bits per heavy atom. The topological polar surface area (TPSA) is 49.3 Å². The van der Waals surface area contributed by atoms with Crippen molar-refractivity contribution in [3.8, 4) is 0 Å². The molecule has 0 aliphatic carbocycles. The van der Waals surface area contributed by atoms with Crippen LogP contribution in [0.25, 0.3) is 0 Å². The lowest BCUT2D eigenvalue weighted by atomic mass is 10.1. The highest BCUT2D eigenvalue weighted by Gasteiger charge is 2.31. The first kappa shape index (κ1) is 14.3. The lowest BCUT2D eigenvalue weighted by molar-refractivity contribution is -0.137. The fourth-order valence-corrected chi connectivity index (χ4v) is 1.43. The highest BCUT2D eigenvalue weighted by molar-refractivity contribution is 5.89. The van der Waals surface area contributed by atoms with Crippen LogP contribution in [0.1, 0.15) is 35.7 Å². The number of benzene rings is 1. The molecule has 1 aromatic carbocycles. The van der Waals surface area contributed by atoms with E-state index >= 15 is 0 Å². The van der Waals surface area contributed by atoms with E-state index in [4.69, 9.17) is 5.11 Å². The Balaban J connectivity index is 3.03. The Morgan fingerprint density at radius 2 is 2.00 bits per heavy atom. The molecule has 1 rings (SSSR count). The van der Waals surface area contributed by atoms with Crippen LogP contribution in [-0.2, 0) is 6.18 Å². The van der Waals surface area contributed by atoms with Crippen molar-refractivity contribution < 1.29 is 23.1 Å². The summed E-state index contributed by atoms with van der Waals surface area (Å²) in [7, 11) is 0. The molecule has 0 aromatic heterocycles. The number of carbonyl (C=O) groups is 1. The molecule has 0 amide bonds. The van der Waals surface area contributed by atoms with Gasteiger partial charge in [-0.05, 0) is 24.6 Å². The number of carboxylic acids is 1. The number of hydrogen-bond donors (Lipinski definition) is 2. The normalized spacial score (nSPS) is 11.3. The van der Waals surface area contributed by atoms with Crippen molar-refractivity contribution in [2.24, 2.45) is 0 Å². The summed E-state index contributed by atoms with van der Waals surface area (Å²) in [5, 5.41) is 11.6. The lowest BCUT2D eigenvalue weighted by Gasteiger charge is -2.12. The van der Waals surface area contributed by atoms with Crippen LogP contribution in [-0.4, -0.2) is 17.6 Å². The summed E-state index contributed by atoms with van der Waals surface area (Å²) in [6.07, 6.45) is -2.84. The van der Waals surface area contributed by atoms with E-state index in [1.54, 1.807) is 0 Å². The first-order chi connectivity index (χ1) is 8.34. The second kappa shape index (κ2) is 5.75. The van der Waals surface area contributed by atoms with Gasteiger partial charge in [0.15, 0.2) is 0 Å². The van der Waals surface area contributed by atoms with E-state index in [-0.39, 0.29) is 11.3 Å². The predicted molar refractivity (Wildman–Crippen MR) is 61.8 cm³/mol. The number of aromatic carboxylic acids is 1. The van der Waals surface area contributed by atoms with Gasteiger partial charge in [0.05, 0.1) is 11.1 Å². The summed E-state index contributed by atoms with van der Waals surface area (Å²) in [6, 6.07) is 2.75. The summed E-state index contributed by atoms with van der Waals surface area (Å²) in [6.45, 7) is 2.47. The van der Waals surface area contributed by atoms with Gasteiger partial charge < -0.3 is 10.4 Å². The van der Waals surface area contributed by atoms with Crippen LogP contribution < -0.4 is 5.32 Å². The van der Waals surface area contributed by atoms with Gasteiger partial charge in [0, 0.05) is 12.2 Å². The molecule has 0 radical (unpaired) electrons. The van der Waals surface area contributed by atoms with Crippen LogP contribution in [0.4, 0.5) is 18.9 Å². The minimum Gasteiger partial charge on any atom is -0.478 e. The zero-order valence-electron chi connectivity index (χ0n) is 9.84. The van der Waals surface area contributed by atoms with E-state index in [0.29, 0.717) is 12.6 Å². The van der Waals surface area contributed by atoms with E-state index in [9.17, 15) is 18.0 Å². The molecule has 0 fully saturated rings. The fourth-order valence-electron chi connectivity index (χ4n) is 1.43. The molecule has 0 heterocycles. The number of halogens is 3. The van der Waals surface area contributed by atoms with Crippen molar-refractivity contribution in [2.75, 3.05) is 11.9 Å². The van der Waals surface area contributed by atoms with Gasteiger partial charge in [-0.3, -0.25) is 0 Å². The van der Waals surface area contributed by atoms with Crippen LogP contribution in [0.5, 0.6) is 0 Å². The average molecular weight is 261 g/mol. The van der Waals surface area contributed by atoms with Gasteiger partial charge in [0.2, 0.25) is 0 Å². The third-order valence-corrected chi connectivity index (χ3v) is 2.37. The molecule has 3 nitrogen and oxygen atoms in total. The van der Waals surface area contributed by atoms with Crippen molar-refractivity contribution in [3.05, 3.63) is 29.3 Å². The van der Waals surface area contributed by atoms with Crippen LogP contribution in [0, 0.1) is 0 Å². The quantitative estimate of drug-likeness (QED) is 0.796. The van der Waals surface area contributed by atoms with Crippen LogP contribution in [0.15, 0.2) is 18.2 Å². The maximum absolute atomic E-state index is 12.6. The number of carboxylic acid groups (broad SMARTS) is 1. The van der Waals surface area contributed by atoms with E-state index in [2.05, 4.69) is 5.32 Å². The molecule has 0 aliphatic rings. The molecule has 0 unspecified atom stereocenters. The fraction of sp³-hybridized carbons (Fsp3) is 0.417. The number of alkyl halides is 3. The molecule has 0 atom stereocenters. The molecular formula is C12H14F3NO2. The Morgan fingerprint density at radius 1 is 1.33 bits per heavy atom. The zero-order valence-corrected chi connectivity index (χ0v) is 9.84. The summed E-state index contributed by atoms with van der Waals surface area (Å²) in [5.74, 6) is -1.38. The van der Waals surface area contributed by atoms with E-state index in [1.807, 2.05) is 6.92 Å². The molecule has 1 aromatic rings. The largest absolute Gasteiger partial charge is 0.478 e. The number of anilines is 1. The van der Waals surface area contributed by atoms with Gasteiger partial charge in [-0.2, -0.15) is 13.2 Å². The van der Waals surface area contributed by atoms with Crippen molar-refractivity contribution >= 4 is 11.7 Å². The second-order valence-corrected chi connectivity index (χ2v) is 3.88. The van der Waals surface area contributed by atoms with Gasteiger partial charge in [0.25, 0.3) is 0 Å². The third kappa shape index (κ3) is 3.94. The Kier molecular flexibility index (Phi) is 4.58. The van der Waals surface area contributed by atoms with Crippen LogP contribution in [0.2, 0.25) is 0 Å². The van der Waals surface area contributed by atoms with Crippen molar-refractivity contribution in [2.45, 2.75) is 25.9 Å². The number of nitrogens with one attached hydrogen (secondary N) is 1. The molecule has 18 heavy (non-hydrogen) atoms. The molecule has 6 heteroatoms. The second-order valence-electron chi connectivity index (χ2n) is 3.88. The molecule has 0 bridgehead atoms. The van der Waals surface area contributed by atoms with Gasteiger partial charge >= 0.3 is 12.1 Å².